The molecule has 2 rings (SSSR count). The van der Waals surface area contributed by atoms with Crippen molar-refractivity contribution in [3.63, 3.8) is 0 Å². The van der Waals surface area contributed by atoms with E-state index in [0.717, 1.165) is 4.90 Å². The summed E-state index contributed by atoms with van der Waals surface area (Å²) >= 11 is 3.16. The molecule has 0 atom stereocenters. The van der Waals surface area contributed by atoms with Crippen LogP contribution < -0.4 is 0 Å². The molecule has 0 radical (unpaired) electrons. The van der Waals surface area contributed by atoms with Gasteiger partial charge in [-0.25, -0.2) is 8.78 Å². The first-order valence-corrected chi connectivity index (χ1v) is 5.05. The van der Waals surface area contributed by atoms with Crippen molar-refractivity contribution in [1.82, 2.24) is 9.88 Å². The van der Waals surface area contributed by atoms with Crippen molar-refractivity contribution >= 4 is 21.8 Å². The highest BCUT2D eigenvalue weighted by Gasteiger charge is 2.46. The third-order valence-electron chi connectivity index (χ3n) is 2.08. The zero-order valence-electron chi connectivity index (χ0n) is 7.58. The normalized spacial score (nSPS) is 18.5. The summed E-state index contributed by atoms with van der Waals surface area (Å²) in [6.07, 6.45) is 2.89. The fraction of sp³-hybridized carbons (Fsp3) is 0.333. The van der Waals surface area contributed by atoms with Crippen molar-refractivity contribution in [1.29, 1.82) is 0 Å². The lowest BCUT2D eigenvalue weighted by Gasteiger charge is -2.38. The van der Waals surface area contributed by atoms with E-state index in [1.165, 1.54) is 12.4 Å². The molecule has 0 bridgehead atoms. The SMILES string of the molecule is O=C(c1cncc(Br)c1)N1CC(F)(F)C1. The van der Waals surface area contributed by atoms with Gasteiger partial charge in [0.1, 0.15) is 0 Å². The van der Waals surface area contributed by atoms with Crippen molar-refractivity contribution < 1.29 is 13.6 Å². The van der Waals surface area contributed by atoms with Crippen LogP contribution in [0.1, 0.15) is 10.4 Å². The number of hydrogen-bond donors (Lipinski definition) is 0. The molecule has 0 aromatic carbocycles. The molecule has 0 saturated carbocycles. The first-order chi connectivity index (χ1) is 6.98. The van der Waals surface area contributed by atoms with Crippen LogP contribution in [-0.4, -0.2) is 34.8 Å². The number of rotatable bonds is 1. The quantitative estimate of drug-likeness (QED) is 0.786. The van der Waals surface area contributed by atoms with E-state index in [1.54, 1.807) is 6.07 Å². The molecule has 1 aromatic heterocycles. The second-order valence-electron chi connectivity index (χ2n) is 3.41. The van der Waals surface area contributed by atoms with Gasteiger partial charge in [0.2, 0.25) is 0 Å². The molecule has 2 heterocycles. The molecule has 1 aliphatic rings. The lowest BCUT2D eigenvalue weighted by molar-refractivity contribution is -0.113. The van der Waals surface area contributed by atoms with E-state index in [0.29, 0.717) is 10.0 Å². The highest BCUT2D eigenvalue weighted by Crippen LogP contribution is 2.28. The van der Waals surface area contributed by atoms with Crippen LogP contribution in [0.5, 0.6) is 0 Å². The van der Waals surface area contributed by atoms with Crippen LogP contribution >= 0.6 is 15.9 Å². The molecule has 80 valence electrons. The Morgan fingerprint density at radius 1 is 1.47 bits per heavy atom. The Morgan fingerprint density at radius 2 is 2.13 bits per heavy atom. The topological polar surface area (TPSA) is 33.2 Å². The van der Waals surface area contributed by atoms with E-state index in [1.807, 2.05) is 0 Å². The molecule has 1 fully saturated rings. The van der Waals surface area contributed by atoms with Gasteiger partial charge in [-0.15, -0.1) is 0 Å². The van der Waals surface area contributed by atoms with E-state index >= 15 is 0 Å². The fourth-order valence-electron chi connectivity index (χ4n) is 1.37. The minimum Gasteiger partial charge on any atom is -0.326 e. The number of hydrogen-bond acceptors (Lipinski definition) is 2. The zero-order chi connectivity index (χ0) is 11.1. The Balaban J connectivity index is 2.10. The average Bonchev–Trinajstić information content (AvgIpc) is 2.13. The summed E-state index contributed by atoms with van der Waals surface area (Å²) < 4.78 is 25.7. The summed E-state index contributed by atoms with van der Waals surface area (Å²) in [5.41, 5.74) is 0.319. The molecule has 1 aromatic rings. The lowest BCUT2D eigenvalue weighted by Crippen LogP contribution is -2.58. The number of likely N-dealkylation sites (tertiary alicyclic amines) is 1. The highest BCUT2D eigenvalue weighted by atomic mass is 79.9. The van der Waals surface area contributed by atoms with Gasteiger partial charge in [0.05, 0.1) is 18.7 Å². The van der Waals surface area contributed by atoms with Crippen molar-refractivity contribution in [2.75, 3.05) is 13.1 Å². The van der Waals surface area contributed by atoms with Crippen molar-refractivity contribution in [3.8, 4) is 0 Å². The van der Waals surface area contributed by atoms with Gasteiger partial charge in [-0.2, -0.15) is 0 Å². The van der Waals surface area contributed by atoms with Gasteiger partial charge in [-0.3, -0.25) is 9.78 Å². The second kappa shape index (κ2) is 3.52. The monoisotopic (exact) mass is 276 g/mol. The van der Waals surface area contributed by atoms with Crippen LogP contribution in [-0.2, 0) is 0 Å². The summed E-state index contributed by atoms with van der Waals surface area (Å²) in [5, 5.41) is 0. The largest absolute Gasteiger partial charge is 0.326 e. The number of aromatic nitrogens is 1. The van der Waals surface area contributed by atoms with Gasteiger partial charge >= 0.3 is 0 Å². The molecular formula is C9H7BrF2N2O. The van der Waals surface area contributed by atoms with Crippen LogP contribution in [0.2, 0.25) is 0 Å². The van der Waals surface area contributed by atoms with E-state index < -0.39 is 24.9 Å². The molecule has 0 N–H and O–H groups in total. The van der Waals surface area contributed by atoms with Gasteiger partial charge in [0, 0.05) is 16.9 Å². The summed E-state index contributed by atoms with van der Waals surface area (Å²) in [7, 11) is 0. The summed E-state index contributed by atoms with van der Waals surface area (Å²) in [4.78, 5) is 16.5. The molecule has 15 heavy (non-hydrogen) atoms. The Bertz CT molecular complexity index is 403. The maximum absolute atomic E-state index is 12.5. The standard InChI is InChI=1S/C9H7BrF2N2O/c10-7-1-6(2-13-3-7)8(15)14-4-9(11,12)5-14/h1-3H,4-5H2. The molecule has 0 unspecified atom stereocenters. The number of amides is 1. The van der Waals surface area contributed by atoms with Gasteiger partial charge < -0.3 is 4.90 Å². The Labute approximate surface area is 93.2 Å². The maximum Gasteiger partial charge on any atom is 0.282 e. The Kier molecular flexibility index (Phi) is 2.46. The summed E-state index contributed by atoms with van der Waals surface area (Å²) in [6.45, 7) is -1.00. The number of halogens is 3. The third-order valence-corrected chi connectivity index (χ3v) is 2.52. The van der Waals surface area contributed by atoms with Crippen LogP contribution in [0.15, 0.2) is 22.9 Å². The minimum atomic E-state index is -2.73. The molecule has 6 heteroatoms. The highest BCUT2D eigenvalue weighted by molar-refractivity contribution is 9.10. The van der Waals surface area contributed by atoms with Crippen molar-refractivity contribution in [2.45, 2.75) is 5.92 Å². The minimum absolute atomic E-state index is 0.319. The molecule has 3 nitrogen and oxygen atoms in total. The Morgan fingerprint density at radius 3 is 2.67 bits per heavy atom. The van der Waals surface area contributed by atoms with Crippen LogP contribution in [0.3, 0.4) is 0 Å². The third kappa shape index (κ3) is 2.14. The fourth-order valence-corrected chi connectivity index (χ4v) is 1.73. The van der Waals surface area contributed by atoms with Gasteiger partial charge in [0.25, 0.3) is 11.8 Å². The lowest BCUT2D eigenvalue weighted by atomic mass is 10.1. The van der Waals surface area contributed by atoms with Crippen LogP contribution in [0, 0.1) is 0 Å². The molecule has 0 spiro atoms. The van der Waals surface area contributed by atoms with E-state index in [9.17, 15) is 13.6 Å². The van der Waals surface area contributed by atoms with E-state index in [-0.39, 0.29) is 0 Å². The molecule has 1 aliphatic heterocycles. The number of carbonyl (C=O) groups excluding carboxylic acids is 1. The van der Waals surface area contributed by atoms with Crippen molar-refractivity contribution in [3.05, 3.63) is 28.5 Å². The summed E-state index contributed by atoms with van der Waals surface area (Å²) in [6, 6.07) is 1.56. The van der Waals surface area contributed by atoms with Gasteiger partial charge in [0.15, 0.2) is 0 Å². The number of pyridine rings is 1. The smallest absolute Gasteiger partial charge is 0.282 e. The Hall–Kier alpha value is -1.04. The van der Waals surface area contributed by atoms with Gasteiger partial charge in [-0.1, -0.05) is 0 Å². The van der Waals surface area contributed by atoms with E-state index in [2.05, 4.69) is 20.9 Å². The van der Waals surface area contributed by atoms with Crippen LogP contribution in [0.25, 0.3) is 0 Å². The maximum atomic E-state index is 12.5. The average molecular weight is 277 g/mol. The van der Waals surface area contributed by atoms with Gasteiger partial charge in [-0.05, 0) is 22.0 Å². The molecule has 1 amide bonds. The van der Waals surface area contributed by atoms with E-state index in [4.69, 9.17) is 0 Å². The molecule has 0 aliphatic carbocycles. The first kappa shape index (κ1) is 10.5. The number of alkyl halides is 2. The zero-order valence-corrected chi connectivity index (χ0v) is 9.17. The molecule has 1 saturated heterocycles. The predicted octanol–water partition coefficient (Wildman–Crippen LogP) is 1.94. The first-order valence-electron chi connectivity index (χ1n) is 4.26. The molecular weight excluding hydrogens is 270 g/mol. The summed E-state index contributed by atoms with van der Waals surface area (Å²) in [5.74, 6) is -3.13. The number of carbonyl (C=O) groups is 1. The number of nitrogens with zero attached hydrogens (tertiary/aromatic N) is 2. The van der Waals surface area contributed by atoms with Crippen LogP contribution in [0.4, 0.5) is 8.78 Å². The second-order valence-corrected chi connectivity index (χ2v) is 4.32. The predicted molar refractivity (Wildman–Crippen MR) is 52.8 cm³/mol. The van der Waals surface area contributed by atoms with Crippen molar-refractivity contribution in [2.24, 2.45) is 0 Å².